The molecule has 1 nitrogen and oxygen atoms in total. The number of hydrogen-bond donors (Lipinski definition) is 1. The van der Waals surface area contributed by atoms with Crippen LogP contribution in [-0.2, 0) is 5.60 Å². The normalized spacial score (nSPS) is 13.9. The molecule has 0 spiro atoms. The third-order valence-corrected chi connectivity index (χ3v) is 3.36. The molecule has 2 heteroatoms. The van der Waals surface area contributed by atoms with E-state index in [0.717, 1.165) is 10.4 Å². The zero-order chi connectivity index (χ0) is 12.8. The first-order valence-electron chi connectivity index (χ1n) is 5.69. The second kappa shape index (κ2) is 5.68. The summed E-state index contributed by atoms with van der Waals surface area (Å²) in [6.45, 7) is 1.70. The van der Waals surface area contributed by atoms with Gasteiger partial charge in [0.15, 0.2) is 0 Å². The van der Waals surface area contributed by atoms with Crippen molar-refractivity contribution in [3.05, 3.63) is 64.4 Å². The maximum atomic E-state index is 10.2. The van der Waals surface area contributed by atoms with Crippen LogP contribution < -0.4 is 0 Å². The molecule has 1 atom stereocenters. The number of rotatable bonds is 2. The Hall–Kier alpha value is -1.82. The van der Waals surface area contributed by atoms with E-state index in [4.69, 9.17) is 0 Å². The number of aliphatic hydroxyl groups is 1. The van der Waals surface area contributed by atoms with Gasteiger partial charge in [-0.3, -0.25) is 0 Å². The molecule has 0 aliphatic rings. The number of hydrogen-bond acceptors (Lipinski definition) is 2. The molecule has 0 bridgehead atoms. The molecule has 1 heterocycles. The van der Waals surface area contributed by atoms with Gasteiger partial charge in [0.2, 0.25) is 0 Å². The average molecular weight is 254 g/mol. The smallest absolute Gasteiger partial charge is 0.148 e. The first kappa shape index (κ1) is 12.6. The Labute approximate surface area is 111 Å². The second-order valence-electron chi connectivity index (χ2n) is 4.06. The van der Waals surface area contributed by atoms with Crippen LogP contribution in [0.5, 0.6) is 0 Å². The molecule has 0 saturated carbocycles. The van der Waals surface area contributed by atoms with Crippen LogP contribution in [0.1, 0.15) is 17.4 Å². The van der Waals surface area contributed by atoms with Gasteiger partial charge in [-0.25, -0.2) is 0 Å². The van der Waals surface area contributed by atoms with Gasteiger partial charge < -0.3 is 5.11 Å². The Morgan fingerprint density at radius 3 is 2.61 bits per heavy atom. The van der Waals surface area contributed by atoms with Gasteiger partial charge in [-0.15, -0.1) is 11.3 Å². The highest BCUT2D eigenvalue weighted by Crippen LogP contribution is 2.18. The number of thiophene rings is 1. The molecule has 0 aliphatic carbocycles. The predicted octanol–water partition coefficient (Wildman–Crippen LogP) is 3.67. The van der Waals surface area contributed by atoms with Crippen LogP contribution >= 0.6 is 11.3 Å². The summed E-state index contributed by atoms with van der Waals surface area (Å²) < 4.78 is 0. The SMILES string of the molecule is C[C@](O)(C#C/C=C\c1cccs1)c1ccccc1. The summed E-state index contributed by atoms with van der Waals surface area (Å²) in [6.07, 6.45) is 3.71. The Morgan fingerprint density at radius 1 is 1.17 bits per heavy atom. The minimum Gasteiger partial charge on any atom is -0.374 e. The van der Waals surface area contributed by atoms with Gasteiger partial charge in [-0.05, 0) is 36.1 Å². The molecule has 2 aromatic rings. The van der Waals surface area contributed by atoms with Gasteiger partial charge in [0.25, 0.3) is 0 Å². The van der Waals surface area contributed by atoms with Crippen molar-refractivity contribution in [1.82, 2.24) is 0 Å². The van der Waals surface area contributed by atoms with Gasteiger partial charge in [0.1, 0.15) is 5.60 Å². The topological polar surface area (TPSA) is 20.2 Å². The highest BCUT2D eigenvalue weighted by molar-refractivity contribution is 7.10. The number of allylic oxidation sites excluding steroid dienone is 1. The molecule has 0 radical (unpaired) electrons. The van der Waals surface area contributed by atoms with E-state index in [1.165, 1.54) is 0 Å². The highest BCUT2D eigenvalue weighted by Gasteiger charge is 2.18. The fourth-order valence-corrected chi connectivity index (χ4v) is 2.14. The minimum absolute atomic E-state index is 0.807. The summed E-state index contributed by atoms with van der Waals surface area (Å²) in [4.78, 5) is 1.16. The van der Waals surface area contributed by atoms with E-state index in [-0.39, 0.29) is 0 Å². The number of benzene rings is 1. The summed E-state index contributed by atoms with van der Waals surface area (Å²) in [5.41, 5.74) is -0.303. The molecule has 0 aliphatic heterocycles. The monoisotopic (exact) mass is 254 g/mol. The standard InChI is InChI=1S/C16H14OS/c1-16(17,14-8-3-2-4-9-14)12-6-5-10-15-11-7-13-18-15/h2-5,7-11,13,17H,1H3/b10-5-/t16-/m0/s1. The lowest BCUT2D eigenvalue weighted by atomic mass is 9.97. The van der Waals surface area contributed by atoms with Gasteiger partial charge in [-0.2, -0.15) is 0 Å². The van der Waals surface area contributed by atoms with Crippen molar-refractivity contribution < 1.29 is 5.11 Å². The van der Waals surface area contributed by atoms with Crippen LogP contribution in [0.2, 0.25) is 0 Å². The van der Waals surface area contributed by atoms with E-state index >= 15 is 0 Å². The Balaban J connectivity index is 2.10. The summed E-state index contributed by atoms with van der Waals surface area (Å²) in [7, 11) is 0. The van der Waals surface area contributed by atoms with Gasteiger partial charge in [0.05, 0.1) is 0 Å². The maximum Gasteiger partial charge on any atom is 0.148 e. The largest absolute Gasteiger partial charge is 0.374 e. The third-order valence-electron chi connectivity index (χ3n) is 2.53. The van der Waals surface area contributed by atoms with Gasteiger partial charge in [0, 0.05) is 4.88 Å². The van der Waals surface area contributed by atoms with Crippen LogP contribution in [0.25, 0.3) is 6.08 Å². The zero-order valence-corrected chi connectivity index (χ0v) is 10.9. The van der Waals surface area contributed by atoms with E-state index in [1.54, 1.807) is 24.3 Å². The van der Waals surface area contributed by atoms with E-state index in [0.29, 0.717) is 0 Å². The summed E-state index contributed by atoms with van der Waals surface area (Å²) >= 11 is 1.66. The van der Waals surface area contributed by atoms with E-state index < -0.39 is 5.60 Å². The average Bonchev–Trinajstić information content (AvgIpc) is 2.89. The molecule has 1 aromatic carbocycles. The lowest BCUT2D eigenvalue weighted by Gasteiger charge is -2.16. The van der Waals surface area contributed by atoms with Crippen molar-refractivity contribution in [3.63, 3.8) is 0 Å². The molecule has 2 rings (SSSR count). The van der Waals surface area contributed by atoms with Crippen LogP contribution in [0.4, 0.5) is 0 Å². The van der Waals surface area contributed by atoms with Gasteiger partial charge >= 0.3 is 0 Å². The lowest BCUT2D eigenvalue weighted by molar-refractivity contribution is 0.122. The summed E-state index contributed by atoms with van der Waals surface area (Å²) in [6, 6.07) is 13.5. The third kappa shape index (κ3) is 3.33. The molecule has 0 unspecified atom stereocenters. The molecular formula is C16H14OS. The predicted molar refractivity (Wildman–Crippen MR) is 77.1 cm³/mol. The van der Waals surface area contributed by atoms with Crippen molar-refractivity contribution in [2.24, 2.45) is 0 Å². The molecule has 18 heavy (non-hydrogen) atoms. The first-order valence-corrected chi connectivity index (χ1v) is 6.57. The van der Waals surface area contributed by atoms with Crippen LogP contribution in [0, 0.1) is 11.8 Å². The molecular weight excluding hydrogens is 240 g/mol. The molecule has 0 fully saturated rings. The van der Waals surface area contributed by atoms with Crippen LogP contribution in [0.3, 0.4) is 0 Å². The van der Waals surface area contributed by atoms with Crippen molar-refractivity contribution in [2.45, 2.75) is 12.5 Å². The summed E-state index contributed by atoms with van der Waals surface area (Å²) in [5, 5.41) is 12.3. The van der Waals surface area contributed by atoms with Crippen LogP contribution in [-0.4, -0.2) is 5.11 Å². The highest BCUT2D eigenvalue weighted by atomic mass is 32.1. The van der Waals surface area contributed by atoms with E-state index in [9.17, 15) is 5.11 Å². The van der Waals surface area contributed by atoms with Crippen molar-refractivity contribution in [2.75, 3.05) is 0 Å². The second-order valence-corrected chi connectivity index (χ2v) is 5.04. The maximum absolute atomic E-state index is 10.2. The molecule has 90 valence electrons. The van der Waals surface area contributed by atoms with Gasteiger partial charge in [-0.1, -0.05) is 48.2 Å². The zero-order valence-electron chi connectivity index (χ0n) is 10.1. The fourth-order valence-electron chi connectivity index (χ4n) is 1.53. The molecule has 0 saturated heterocycles. The van der Waals surface area contributed by atoms with Crippen molar-refractivity contribution in [3.8, 4) is 11.8 Å². The molecule has 0 amide bonds. The Kier molecular flexibility index (Phi) is 3.99. The minimum atomic E-state index is -1.11. The van der Waals surface area contributed by atoms with E-state index in [1.807, 2.05) is 53.9 Å². The Bertz CT molecular complexity index is 569. The Morgan fingerprint density at radius 2 is 1.94 bits per heavy atom. The summed E-state index contributed by atoms with van der Waals surface area (Å²) in [5.74, 6) is 5.75. The van der Waals surface area contributed by atoms with Crippen LogP contribution in [0.15, 0.2) is 53.9 Å². The quantitative estimate of drug-likeness (QED) is 0.811. The molecule has 1 N–H and O–H groups in total. The molecule has 1 aromatic heterocycles. The fraction of sp³-hybridized carbons (Fsp3) is 0.125. The lowest BCUT2D eigenvalue weighted by Crippen LogP contribution is -2.17. The van der Waals surface area contributed by atoms with Crippen molar-refractivity contribution in [1.29, 1.82) is 0 Å². The van der Waals surface area contributed by atoms with Crippen molar-refractivity contribution >= 4 is 17.4 Å². The van der Waals surface area contributed by atoms with E-state index in [2.05, 4.69) is 11.8 Å². The first-order chi connectivity index (χ1) is 8.68.